The van der Waals surface area contributed by atoms with Gasteiger partial charge in [0.15, 0.2) is 0 Å². The van der Waals surface area contributed by atoms with Crippen molar-refractivity contribution in [3.05, 3.63) is 172 Å². The van der Waals surface area contributed by atoms with Crippen LogP contribution in [0.25, 0.3) is 0 Å². The number of nitrogens with zero attached hydrogens (tertiary/aromatic N) is 1. The van der Waals surface area contributed by atoms with Gasteiger partial charge in [-0.1, -0.05) is 140 Å². The van der Waals surface area contributed by atoms with Gasteiger partial charge in [0.2, 0.25) is 0 Å². The van der Waals surface area contributed by atoms with Crippen molar-refractivity contribution in [2.24, 2.45) is 0 Å². The van der Waals surface area contributed by atoms with Gasteiger partial charge in [-0.3, -0.25) is 9.69 Å². The summed E-state index contributed by atoms with van der Waals surface area (Å²) in [7, 11) is 0. The average Bonchev–Trinajstić information content (AvgIpc) is 3.02. The van der Waals surface area contributed by atoms with Gasteiger partial charge in [0, 0.05) is 16.6 Å². The number of amides is 1. The van der Waals surface area contributed by atoms with Gasteiger partial charge in [-0.05, 0) is 66.6 Å². The average molecular weight is 604 g/mol. The Bertz CT molecular complexity index is 1720. The van der Waals surface area contributed by atoms with Gasteiger partial charge in [-0.2, -0.15) is 13.2 Å². The largest absolute Gasteiger partial charge is 0.471 e. The molecule has 6 rings (SSSR count). The minimum atomic E-state index is -5.02. The Morgan fingerprint density at radius 3 is 1.56 bits per heavy atom. The zero-order valence-electron chi connectivity index (χ0n) is 25.9. The van der Waals surface area contributed by atoms with Crippen LogP contribution in [0.1, 0.15) is 66.1 Å². The highest BCUT2D eigenvalue weighted by Crippen LogP contribution is 2.54. The van der Waals surface area contributed by atoms with E-state index >= 15 is 0 Å². The fourth-order valence-corrected chi connectivity index (χ4v) is 7.53. The van der Waals surface area contributed by atoms with Crippen LogP contribution < -0.4 is 4.90 Å². The summed E-state index contributed by atoms with van der Waals surface area (Å²) in [5.41, 5.74) is 4.44. The number of hydrogen-bond donors (Lipinski definition) is 0. The summed E-state index contributed by atoms with van der Waals surface area (Å²) in [4.78, 5) is 14.1. The summed E-state index contributed by atoms with van der Waals surface area (Å²) in [5, 5.41) is 0. The van der Waals surface area contributed by atoms with E-state index in [9.17, 15) is 18.0 Å². The number of alkyl halides is 3. The molecule has 2 nitrogen and oxygen atoms in total. The number of aryl methyl sites for hydroxylation is 1. The van der Waals surface area contributed by atoms with E-state index in [1.165, 1.54) is 0 Å². The lowest BCUT2D eigenvalue weighted by atomic mass is 9.61. The first-order valence-electron chi connectivity index (χ1n) is 15.2. The minimum absolute atomic E-state index is 0.281. The first-order valence-corrected chi connectivity index (χ1v) is 15.2. The van der Waals surface area contributed by atoms with E-state index in [1.54, 1.807) is 19.9 Å². The molecule has 5 aromatic carbocycles. The van der Waals surface area contributed by atoms with Gasteiger partial charge in [-0.25, -0.2) is 0 Å². The molecular formula is C40H36F3NO. The second kappa shape index (κ2) is 11.1. The molecule has 0 saturated carbocycles. The van der Waals surface area contributed by atoms with Crippen molar-refractivity contribution >= 4 is 11.6 Å². The van der Waals surface area contributed by atoms with Crippen molar-refractivity contribution in [1.82, 2.24) is 0 Å². The Morgan fingerprint density at radius 1 is 0.644 bits per heavy atom. The first-order chi connectivity index (χ1) is 21.4. The third-order valence-electron chi connectivity index (χ3n) is 9.41. The molecule has 5 heteroatoms. The van der Waals surface area contributed by atoms with Crippen LogP contribution in [0, 0.1) is 6.92 Å². The summed E-state index contributed by atoms with van der Waals surface area (Å²) in [6.07, 6.45) is -4.72. The van der Waals surface area contributed by atoms with E-state index in [0.717, 1.165) is 38.3 Å². The number of fused-ring (bicyclic) bond motifs is 1. The van der Waals surface area contributed by atoms with Gasteiger partial charge < -0.3 is 0 Å². The maximum Gasteiger partial charge on any atom is 0.471 e. The molecule has 1 atom stereocenters. The van der Waals surface area contributed by atoms with Crippen LogP contribution in [-0.4, -0.2) is 17.6 Å². The Kier molecular flexibility index (Phi) is 7.47. The molecule has 0 aliphatic carbocycles. The molecule has 0 N–H and O–H groups in total. The third-order valence-corrected chi connectivity index (χ3v) is 9.41. The summed E-state index contributed by atoms with van der Waals surface area (Å²) >= 11 is 0. The van der Waals surface area contributed by atoms with Crippen LogP contribution >= 0.6 is 0 Å². The molecule has 0 aromatic heterocycles. The van der Waals surface area contributed by atoms with E-state index in [-0.39, 0.29) is 5.69 Å². The van der Waals surface area contributed by atoms with Crippen molar-refractivity contribution in [3.63, 3.8) is 0 Å². The van der Waals surface area contributed by atoms with Crippen molar-refractivity contribution in [2.75, 3.05) is 4.90 Å². The first kappa shape index (κ1) is 30.4. The van der Waals surface area contributed by atoms with Crippen molar-refractivity contribution in [3.8, 4) is 0 Å². The number of carbonyl (C=O) groups excluding carboxylic acids is 1. The number of carbonyl (C=O) groups is 1. The van der Waals surface area contributed by atoms with Crippen LogP contribution in [0.3, 0.4) is 0 Å². The number of rotatable bonds is 5. The standard InChI is InChI=1S/C40H36F3NO/c1-28-20-22-29(23-21-28)38(4)27-37(2,3)44(36(45)40(41,42)43)35-25-24-33(26-34(35)38)39(30-14-8-5-9-15-30,31-16-10-6-11-17-31)32-18-12-7-13-19-32/h5-26H,27H2,1-4H3/t38-/m0/s1. The van der Waals surface area contributed by atoms with Crippen molar-refractivity contribution in [1.29, 1.82) is 0 Å². The molecule has 45 heavy (non-hydrogen) atoms. The second-order valence-electron chi connectivity index (χ2n) is 12.9. The summed E-state index contributed by atoms with van der Waals surface area (Å²) in [6, 6.07) is 44.5. The lowest BCUT2D eigenvalue weighted by molar-refractivity contribution is -0.172. The predicted molar refractivity (Wildman–Crippen MR) is 175 cm³/mol. The quantitative estimate of drug-likeness (QED) is 0.183. The predicted octanol–water partition coefficient (Wildman–Crippen LogP) is 9.76. The smallest absolute Gasteiger partial charge is 0.299 e. The highest BCUT2D eigenvalue weighted by Gasteiger charge is 2.54. The number of anilines is 1. The Balaban J connectivity index is 1.73. The fourth-order valence-electron chi connectivity index (χ4n) is 7.53. The molecule has 1 amide bonds. The molecule has 0 unspecified atom stereocenters. The van der Waals surface area contributed by atoms with Crippen LogP contribution in [0.2, 0.25) is 0 Å². The van der Waals surface area contributed by atoms with E-state index in [0.29, 0.717) is 12.0 Å². The molecule has 0 bridgehead atoms. The third kappa shape index (κ3) is 5.04. The second-order valence-corrected chi connectivity index (χ2v) is 12.9. The van der Waals surface area contributed by atoms with Gasteiger partial charge in [-0.15, -0.1) is 0 Å². The minimum Gasteiger partial charge on any atom is -0.299 e. The molecule has 1 aliphatic rings. The summed E-state index contributed by atoms with van der Waals surface area (Å²) in [6.45, 7) is 7.55. The van der Waals surface area contributed by atoms with E-state index in [4.69, 9.17) is 0 Å². The van der Waals surface area contributed by atoms with E-state index < -0.39 is 28.5 Å². The zero-order valence-corrected chi connectivity index (χ0v) is 25.9. The van der Waals surface area contributed by atoms with Crippen LogP contribution in [0.4, 0.5) is 18.9 Å². The molecule has 0 saturated heterocycles. The van der Waals surface area contributed by atoms with Gasteiger partial charge in [0.25, 0.3) is 0 Å². The Hall–Kier alpha value is -4.64. The molecular weight excluding hydrogens is 567 g/mol. The Morgan fingerprint density at radius 2 is 1.11 bits per heavy atom. The Labute approximate surface area is 263 Å². The summed E-state index contributed by atoms with van der Waals surface area (Å²) in [5.74, 6) is -1.85. The number of halogens is 3. The fraction of sp³-hybridized carbons (Fsp3) is 0.225. The lowest BCUT2D eigenvalue weighted by Crippen LogP contribution is -2.59. The normalized spacial score (nSPS) is 17.9. The lowest BCUT2D eigenvalue weighted by Gasteiger charge is -2.52. The molecule has 0 spiro atoms. The van der Waals surface area contributed by atoms with Crippen LogP contribution in [0.15, 0.2) is 133 Å². The number of benzene rings is 5. The number of hydrogen-bond acceptors (Lipinski definition) is 1. The van der Waals surface area contributed by atoms with Crippen LogP contribution in [0.5, 0.6) is 0 Å². The van der Waals surface area contributed by atoms with Crippen LogP contribution in [-0.2, 0) is 15.6 Å². The molecule has 0 radical (unpaired) electrons. The molecule has 1 aliphatic heterocycles. The highest BCUT2D eigenvalue weighted by atomic mass is 19.4. The molecule has 5 aromatic rings. The maximum absolute atomic E-state index is 14.2. The molecule has 228 valence electrons. The van der Waals surface area contributed by atoms with Gasteiger partial charge in [0.1, 0.15) is 0 Å². The van der Waals surface area contributed by atoms with Gasteiger partial charge >= 0.3 is 12.1 Å². The monoisotopic (exact) mass is 603 g/mol. The van der Waals surface area contributed by atoms with E-state index in [1.807, 2.05) is 85.8 Å². The summed E-state index contributed by atoms with van der Waals surface area (Å²) < 4.78 is 42.5. The van der Waals surface area contributed by atoms with Gasteiger partial charge in [0.05, 0.1) is 5.41 Å². The van der Waals surface area contributed by atoms with Crippen molar-refractivity contribution in [2.45, 2.75) is 56.7 Å². The van der Waals surface area contributed by atoms with E-state index in [2.05, 4.69) is 55.5 Å². The highest BCUT2D eigenvalue weighted by molar-refractivity contribution is 6.00. The molecule has 1 heterocycles. The topological polar surface area (TPSA) is 20.3 Å². The van der Waals surface area contributed by atoms with Crippen molar-refractivity contribution < 1.29 is 18.0 Å². The zero-order chi connectivity index (χ0) is 32.0. The molecule has 0 fully saturated rings. The maximum atomic E-state index is 14.2. The SMILES string of the molecule is Cc1ccc([C@]2(C)CC(C)(C)N(C(=O)C(F)(F)F)c3ccc(C(c4ccccc4)(c4ccccc4)c4ccccc4)cc32)cc1.